The topological polar surface area (TPSA) is 192 Å². The summed E-state index contributed by atoms with van der Waals surface area (Å²) in [5.74, 6) is 0.296. The van der Waals surface area contributed by atoms with Gasteiger partial charge in [-0.2, -0.15) is 25.3 Å². The summed E-state index contributed by atoms with van der Waals surface area (Å²) in [7, 11) is 0. The Balaban J connectivity index is -0.000000502. The average molecular weight is 996 g/mol. The van der Waals surface area contributed by atoms with Crippen LogP contribution in [0.15, 0.2) is 0 Å². The largest absolute Gasteiger partial charge is 0.463 e. The van der Waals surface area contributed by atoms with Crippen molar-refractivity contribution in [3.8, 4) is 0 Å². The maximum atomic E-state index is 11.8. The van der Waals surface area contributed by atoms with Crippen LogP contribution in [0.2, 0.25) is 0 Å². The molecule has 0 bridgehead atoms. The van der Waals surface area contributed by atoms with Gasteiger partial charge in [0.2, 0.25) is 0 Å². The van der Waals surface area contributed by atoms with Gasteiger partial charge in [0.1, 0.15) is 25.6 Å². The number of thiol groups is 2. The van der Waals surface area contributed by atoms with Crippen LogP contribution < -0.4 is 0 Å². The number of piperidine rings is 1. The lowest BCUT2D eigenvalue weighted by atomic mass is 10.1. The van der Waals surface area contributed by atoms with E-state index in [1.807, 2.05) is 27.7 Å². The Morgan fingerprint density at radius 1 is 0.439 bits per heavy atom. The van der Waals surface area contributed by atoms with E-state index in [9.17, 15) is 19.2 Å². The molecule has 0 atom stereocenters. The maximum absolute atomic E-state index is 11.8. The van der Waals surface area contributed by atoms with Crippen molar-refractivity contribution in [1.29, 1.82) is 0 Å². The molecule has 1 aliphatic heterocycles. The number of Topliss-reactive ketones (excluding diaryl/α,β-unsaturated/α-hetero) is 2. The number of unbranched alkanes of at least 4 members (excludes halogenated alkanes) is 1. The predicted octanol–water partition coefficient (Wildman–Crippen LogP) is 5.98. The summed E-state index contributed by atoms with van der Waals surface area (Å²) in [6.07, 6.45) is 4.43. The van der Waals surface area contributed by atoms with Crippen molar-refractivity contribution in [2.45, 2.75) is 99.2 Å². The highest BCUT2D eigenvalue weighted by molar-refractivity contribution is 7.81. The third-order valence-electron chi connectivity index (χ3n) is 7.74. The second-order valence-corrected chi connectivity index (χ2v) is 14.5. The van der Waals surface area contributed by atoms with Gasteiger partial charge in [-0.25, -0.2) is 4.79 Å². The maximum Gasteiger partial charge on any atom is 0.409 e. The molecule has 0 aromatic heterocycles. The van der Waals surface area contributed by atoms with Crippen LogP contribution in [0.4, 0.5) is 4.79 Å². The zero-order chi connectivity index (χ0) is 50.0. The predicted molar refractivity (Wildman–Crippen MR) is 263 cm³/mol. The normalized spacial score (nSPS) is 12.0. The molecule has 20 heteroatoms. The zero-order valence-electron chi connectivity index (χ0n) is 42.2. The van der Waals surface area contributed by atoms with Crippen LogP contribution in [0.5, 0.6) is 0 Å². The second kappa shape index (κ2) is 63.3. The third-order valence-corrected chi connectivity index (χ3v) is 8.44. The van der Waals surface area contributed by atoms with E-state index in [0.717, 1.165) is 18.6 Å². The van der Waals surface area contributed by atoms with Crippen molar-refractivity contribution < 1.29 is 80.8 Å². The molecule has 0 radical (unpaired) electrons. The Labute approximate surface area is 409 Å². The van der Waals surface area contributed by atoms with Gasteiger partial charge in [-0.05, 0) is 26.7 Å². The molecular weight excluding hydrogens is 903 g/mol. The number of esters is 1. The molecule has 1 saturated heterocycles. The number of nitrogens with zero attached hydrogens (tertiary/aromatic N) is 1. The minimum Gasteiger partial charge on any atom is -0.463 e. The monoisotopic (exact) mass is 996 g/mol. The van der Waals surface area contributed by atoms with E-state index in [-0.39, 0.29) is 56.9 Å². The molecule has 1 rings (SSSR count). The third kappa shape index (κ3) is 64.4. The highest BCUT2D eigenvalue weighted by atomic mass is 32.1. The van der Waals surface area contributed by atoms with Gasteiger partial charge in [0.15, 0.2) is 5.78 Å². The Morgan fingerprint density at radius 3 is 1.05 bits per heavy atom. The SMILES string of the molecule is CC.CC.CC(=O)CCC(=O)OCCOCCOCCOCCOC(=O)N1CCC(S)CC1.CC(=O)COCCOCCOCCOCCOCCOCCOCCOCCS.CCCC. The summed E-state index contributed by atoms with van der Waals surface area (Å²) < 4.78 is 68.5. The molecule has 0 aliphatic carbocycles. The van der Waals surface area contributed by atoms with E-state index in [4.69, 9.17) is 61.6 Å². The minimum atomic E-state index is -0.398. The molecule has 0 N–H and O–H groups in total. The summed E-state index contributed by atoms with van der Waals surface area (Å²) in [6, 6.07) is 0. The Hall–Kier alpha value is -1.66. The fraction of sp³-hybridized carbons (Fsp3) is 0.913. The van der Waals surface area contributed by atoms with Crippen molar-refractivity contribution in [2.24, 2.45) is 0 Å². The molecule has 1 fully saturated rings. The van der Waals surface area contributed by atoms with Crippen LogP contribution in [0.25, 0.3) is 0 Å². The van der Waals surface area contributed by atoms with Crippen LogP contribution in [0.3, 0.4) is 0 Å². The summed E-state index contributed by atoms with van der Waals surface area (Å²) in [6.45, 7) is 27.2. The number of rotatable bonds is 41. The first-order valence-electron chi connectivity index (χ1n) is 23.9. The van der Waals surface area contributed by atoms with E-state index in [1.54, 1.807) is 4.90 Å². The second-order valence-electron chi connectivity index (χ2n) is 13.4. The minimum absolute atomic E-state index is 0.00964. The number of carbonyl (C=O) groups is 4. The molecule has 0 aromatic carbocycles. The highest BCUT2D eigenvalue weighted by Crippen LogP contribution is 2.15. The Morgan fingerprint density at radius 2 is 0.742 bits per heavy atom. The van der Waals surface area contributed by atoms with Crippen molar-refractivity contribution in [2.75, 3.05) is 177 Å². The van der Waals surface area contributed by atoms with Crippen LogP contribution in [-0.2, 0) is 76.0 Å². The lowest BCUT2D eigenvalue weighted by Crippen LogP contribution is -2.39. The van der Waals surface area contributed by atoms with Crippen molar-refractivity contribution in [1.82, 2.24) is 4.90 Å². The molecule has 66 heavy (non-hydrogen) atoms. The van der Waals surface area contributed by atoms with Gasteiger partial charge in [0.25, 0.3) is 0 Å². The van der Waals surface area contributed by atoms with Crippen LogP contribution in [-0.4, -0.2) is 211 Å². The molecule has 0 aromatic rings. The van der Waals surface area contributed by atoms with Crippen molar-refractivity contribution in [3.05, 3.63) is 0 Å². The number of amides is 1. The van der Waals surface area contributed by atoms with Crippen molar-refractivity contribution in [3.63, 3.8) is 0 Å². The first kappa shape index (κ1) is 70.9. The van der Waals surface area contributed by atoms with E-state index in [0.29, 0.717) is 150 Å². The number of ketones is 2. The number of carbonyl (C=O) groups excluding carboxylic acids is 4. The highest BCUT2D eigenvalue weighted by Gasteiger charge is 2.21. The number of ether oxygens (including phenoxy) is 13. The number of likely N-dealkylation sites (tertiary alicyclic amines) is 1. The first-order chi connectivity index (χ1) is 32.2. The lowest BCUT2D eigenvalue weighted by Gasteiger charge is -2.28. The van der Waals surface area contributed by atoms with Crippen LogP contribution in [0, 0.1) is 0 Å². The molecular formula is C46H93NO17S2. The smallest absolute Gasteiger partial charge is 0.409 e. The van der Waals surface area contributed by atoms with Gasteiger partial charge in [-0.15, -0.1) is 0 Å². The van der Waals surface area contributed by atoms with Gasteiger partial charge in [0.05, 0.1) is 145 Å². The number of hydrogen-bond donors (Lipinski definition) is 2. The molecule has 0 spiro atoms. The van der Waals surface area contributed by atoms with Crippen LogP contribution >= 0.6 is 25.3 Å². The molecule has 1 heterocycles. The number of hydrogen-bond acceptors (Lipinski definition) is 19. The van der Waals surface area contributed by atoms with E-state index in [1.165, 1.54) is 26.7 Å². The first-order valence-corrected chi connectivity index (χ1v) is 25.0. The molecule has 18 nitrogen and oxygen atoms in total. The molecule has 1 amide bonds. The van der Waals surface area contributed by atoms with Gasteiger partial charge in [-0.3, -0.25) is 9.59 Å². The zero-order valence-corrected chi connectivity index (χ0v) is 44.0. The van der Waals surface area contributed by atoms with E-state index >= 15 is 0 Å². The van der Waals surface area contributed by atoms with E-state index in [2.05, 4.69) is 39.1 Å². The van der Waals surface area contributed by atoms with Gasteiger partial charge in [-0.1, -0.05) is 54.4 Å². The fourth-order valence-corrected chi connectivity index (χ4v) is 4.61. The quantitative estimate of drug-likeness (QED) is 0.0413. The summed E-state index contributed by atoms with van der Waals surface area (Å²) in [4.78, 5) is 46.2. The average Bonchev–Trinajstić information content (AvgIpc) is 3.32. The lowest BCUT2D eigenvalue weighted by molar-refractivity contribution is -0.146. The Bertz CT molecular complexity index is 997. The summed E-state index contributed by atoms with van der Waals surface area (Å²) in [5, 5.41) is 0.369. The molecule has 1 aliphatic rings. The standard InChI is InChI=1S/C19H33NO8S.C19H38O9S.C4H10.2C2H6/c1-16(21)2-3-18(22)27-14-12-25-10-8-24-9-11-26-13-15-28-19(23)20-6-4-17(29)5-7-20;1-19(20)18-28-15-14-26-11-10-24-7-6-22-3-2-21-4-5-23-8-9-25-12-13-27-16-17-29;1-3-4-2;2*1-2/h17,29H,2-15H2,1H3;29H,2-18H2,1H3;3-4H2,1-2H3;2*1-2H3. The van der Waals surface area contributed by atoms with Gasteiger partial charge in [0, 0.05) is 30.5 Å². The summed E-state index contributed by atoms with van der Waals surface area (Å²) in [5.41, 5.74) is 0. The van der Waals surface area contributed by atoms with Gasteiger partial charge < -0.3 is 71.3 Å². The van der Waals surface area contributed by atoms with Gasteiger partial charge >= 0.3 is 12.1 Å². The Kier molecular flexibility index (Phi) is 68.0. The summed E-state index contributed by atoms with van der Waals surface area (Å²) >= 11 is 8.45. The molecule has 396 valence electrons. The fourth-order valence-electron chi connectivity index (χ4n) is 4.25. The molecule has 0 saturated carbocycles. The van der Waals surface area contributed by atoms with Crippen LogP contribution in [0.1, 0.15) is 93.9 Å². The van der Waals surface area contributed by atoms with Crippen molar-refractivity contribution >= 4 is 48.9 Å². The van der Waals surface area contributed by atoms with E-state index < -0.39 is 5.97 Å². The molecule has 0 unspecified atom stereocenters.